The number of benzene rings is 1. The first-order valence-electron chi connectivity index (χ1n) is 4.64. The fourth-order valence-corrected chi connectivity index (χ4v) is 1.71. The Balaban J connectivity index is 2.60. The summed E-state index contributed by atoms with van der Waals surface area (Å²) in [5.41, 5.74) is 9.77. The molecule has 0 bridgehead atoms. The molecule has 1 aromatic carbocycles. The van der Waals surface area contributed by atoms with Crippen LogP contribution in [0.5, 0.6) is 0 Å². The summed E-state index contributed by atoms with van der Waals surface area (Å²) < 4.78 is 0. The average molecular weight is 219 g/mol. The molecule has 0 saturated heterocycles. The van der Waals surface area contributed by atoms with Gasteiger partial charge in [0.15, 0.2) is 0 Å². The number of aryl methyl sites for hydroxylation is 1. The molecule has 0 aliphatic carbocycles. The molecule has 3 heteroatoms. The Morgan fingerprint density at radius 1 is 1.20 bits per heavy atom. The first-order valence-corrected chi connectivity index (χ1v) is 5.02. The lowest BCUT2D eigenvalue weighted by molar-refractivity contribution is 1.29. The standard InChI is InChI=1S/C12H11ClN2/c1-8-4-5-15-7-11(8)10-3-2-9(13)6-12(10)14/h2-7H,14H2,1H3. The third kappa shape index (κ3) is 1.95. The summed E-state index contributed by atoms with van der Waals surface area (Å²) in [5, 5.41) is 0.651. The molecule has 2 rings (SSSR count). The van der Waals surface area contributed by atoms with Crippen LogP contribution < -0.4 is 5.73 Å². The Hall–Kier alpha value is -1.54. The van der Waals surface area contributed by atoms with E-state index in [0.717, 1.165) is 16.7 Å². The summed E-state index contributed by atoms with van der Waals surface area (Å²) in [5.74, 6) is 0. The zero-order valence-corrected chi connectivity index (χ0v) is 9.12. The van der Waals surface area contributed by atoms with E-state index in [9.17, 15) is 0 Å². The first-order chi connectivity index (χ1) is 7.18. The number of pyridine rings is 1. The van der Waals surface area contributed by atoms with E-state index in [4.69, 9.17) is 17.3 Å². The van der Waals surface area contributed by atoms with E-state index in [-0.39, 0.29) is 0 Å². The van der Waals surface area contributed by atoms with Crippen LogP contribution >= 0.6 is 11.6 Å². The van der Waals surface area contributed by atoms with Gasteiger partial charge in [0.25, 0.3) is 0 Å². The van der Waals surface area contributed by atoms with E-state index in [0.29, 0.717) is 10.7 Å². The molecule has 2 aromatic rings. The maximum Gasteiger partial charge on any atom is 0.0426 e. The molecular weight excluding hydrogens is 208 g/mol. The number of hydrogen-bond acceptors (Lipinski definition) is 2. The molecule has 0 spiro atoms. The monoisotopic (exact) mass is 218 g/mol. The minimum absolute atomic E-state index is 0.651. The van der Waals surface area contributed by atoms with Gasteiger partial charge in [-0.25, -0.2) is 0 Å². The average Bonchev–Trinajstić information content (AvgIpc) is 2.20. The fraction of sp³-hybridized carbons (Fsp3) is 0.0833. The summed E-state index contributed by atoms with van der Waals surface area (Å²) in [6, 6.07) is 7.47. The van der Waals surface area contributed by atoms with E-state index in [1.807, 2.05) is 31.3 Å². The Morgan fingerprint density at radius 3 is 2.67 bits per heavy atom. The van der Waals surface area contributed by atoms with Gasteiger partial charge >= 0.3 is 0 Å². The number of hydrogen-bond donors (Lipinski definition) is 1. The van der Waals surface area contributed by atoms with Crippen LogP contribution in [0, 0.1) is 6.92 Å². The smallest absolute Gasteiger partial charge is 0.0426 e. The topological polar surface area (TPSA) is 38.9 Å². The van der Waals surface area contributed by atoms with E-state index in [1.165, 1.54) is 0 Å². The highest BCUT2D eigenvalue weighted by Crippen LogP contribution is 2.29. The number of rotatable bonds is 1. The zero-order valence-electron chi connectivity index (χ0n) is 8.37. The molecule has 0 aliphatic heterocycles. The molecule has 2 nitrogen and oxygen atoms in total. The highest BCUT2D eigenvalue weighted by Gasteiger charge is 2.05. The Labute approximate surface area is 93.7 Å². The second kappa shape index (κ2) is 3.91. The van der Waals surface area contributed by atoms with Gasteiger partial charge < -0.3 is 5.73 Å². The van der Waals surface area contributed by atoms with Crippen molar-refractivity contribution in [2.24, 2.45) is 0 Å². The summed E-state index contributed by atoms with van der Waals surface area (Å²) in [6.07, 6.45) is 3.58. The predicted molar refractivity (Wildman–Crippen MR) is 63.8 cm³/mol. The molecular formula is C12H11ClN2. The maximum absolute atomic E-state index is 5.91. The number of anilines is 1. The van der Waals surface area contributed by atoms with Crippen molar-refractivity contribution in [1.29, 1.82) is 0 Å². The molecule has 1 aromatic heterocycles. The van der Waals surface area contributed by atoms with Crippen molar-refractivity contribution in [3.8, 4) is 11.1 Å². The molecule has 0 unspecified atom stereocenters. The van der Waals surface area contributed by atoms with Crippen LogP contribution in [-0.2, 0) is 0 Å². The molecule has 2 N–H and O–H groups in total. The lowest BCUT2D eigenvalue weighted by atomic mass is 10.0. The molecule has 0 radical (unpaired) electrons. The molecule has 0 atom stereocenters. The van der Waals surface area contributed by atoms with Crippen molar-refractivity contribution in [1.82, 2.24) is 4.98 Å². The van der Waals surface area contributed by atoms with Gasteiger partial charge in [-0.15, -0.1) is 0 Å². The highest BCUT2D eigenvalue weighted by molar-refractivity contribution is 6.31. The summed E-state index contributed by atoms with van der Waals surface area (Å²) >= 11 is 5.85. The fourth-order valence-electron chi connectivity index (χ4n) is 1.52. The largest absolute Gasteiger partial charge is 0.398 e. The lowest BCUT2D eigenvalue weighted by Crippen LogP contribution is -1.92. The second-order valence-electron chi connectivity index (χ2n) is 3.42. The third-order valence-electron chi connectivity index (χ3n) is 2.34. The summed E-state index contributed by atoms with van der Waals surface area (Å²) in [7, 11) is 0. The quantitative estimate of drug-likeness (QED) is 0.746. The normalized spacial score (nSPS) is 10.3. The van der Waals surface area contributed by atoms with E-state index >= 15 is 0 Å². The van der Waals surface area contributed by atoms with Crippen molar-refractivity contribution in [2.45, 2.75) is 6.92 Å². The summed E-state index contributed by atoms with van der Waals surface area (Å²) in [4.78, 5) is 4.10. The third-order valence-corrected chi connectivity index (χ3v) is 2.58. The maximum atomic E-state index is 5.91. The van der Waals surface area contributed by atoms with Crippen LogP contribution in [-0.4, -0.2) is 4.98 Å². The van der Waals surface area contributed by atoms with Crippen LogP contribution in [0.25, 0.3) is 11.1 Å². The molecule has 1 heterocycles. The van der Waals surface area contributed by atoms with Gasteiger partial charge in [-0.2, -0.15) is 0 Å². The molecule has 76 valence electrons. The first kappa shape index (κ1) is 9.99. The van der Waals surface area contributed by atoms with Gasteiger partial charge in [0.1, 0.15) is 0 Å². The molecule has 0 aliphatic rings. The van der Waals surface area contributed by atoms with Gasteiger partial charge in [0, 0.05) is 34.2 Å². The lowest BCUT2D eigenvalue weighted by Gasteiger charge is -2.08. The highest BCUT2D eigenvalue weighted by atomic mass is 35.5. The van der Waals surface area contributed by atoms with Gasteiger partial charge in [0.05, 0.1) is 0 Å². The molecule has 0 saturated carbocycles. The van der Waals surface area contributed by atoms with Crippen molar-refractivity contribution < 1.29 is 0 Å². The van der Waals surface area contributed by atoms with Crippen LogP contribution in [0.1, 0.15) is 5.56 Å². The molecule has 15 heavy (non-hydrogen) atoms. The van der Waals surface area contributed by atoms with Crippen LogP contribution in [0.15, 0.2) is 36.7 Å². The SMILES string of the molecule is Cc1ccncc1-c1ccc(Cl)cc1N. The minimum atomic E-state index is 0.651. The van der Waals surface area contributed by atoms with Crippen molar-refractivity contribution in [3.05, 3.63) is 47.2 Å². The minimum Gasteiger partial charge on any atom is -0.398 e. The van der Waals surface area contributed by atoms with Crippen molar-refractivity contribution in [2.75, 3.05) is 5.73 Å². The second-order valence-corrected chi connectivity index (χ2v) is 3.86. The van der Waals surface area contributed by atoms with Crippen molar-refractivity contribution >= 4 is 17.3 Å². The predicted octanol–water partition coefficient (Wildman–Crippen LogP) is 3.29. The Morgan fingerprint density at radius 2 is 2.00 bits per heavy atom. The van der Waals surface area contributed by atoms with Crippen LogP contribution in [0.2, 0.25) is 5.02 Å². The zero-order chi connectivity index (χ0) is 10.8. The van der Waals surface area contributed by atoms with Gasteiger partial charge in [-0.1, -0.05) is 17.7 Å². The Bertz CT molecular complexity index is 495. The molecule has 0 fully saturated rings. The molecule has 0 amide bonds. The number of halogens is 1. The van der Waals surface area contributed by atoms with Crippen molar-refractivity contribution in [3.63, 3.8) is 0 Å². The van der Waals surface area contributed by atoms with E-state index in [2.05, 4.69) is 4.98 Å². The van der Waals surface area contributed by atoms with E-state index in [1.54, 1.807) is 12.3 Å². The van der Waals surface area contributed by atoms with Crippen LogP contribution in [0.3, 0.4) is 0 Å². The van der Waals surface area contributed by atoms with E-state index < -0.39 is 0 Å². The van der Waals surface area contributed by atoms with Gasteiger partial charge in [0.2, 0.25) is 0 Å². The summed E-state index contributed by atoms with van der Waals surface area (Å²) in [6.45, 7) is 2.03. The van der Waals surface area contributed by atoms with Crippen LogP contribution in [0.4, 0.5) is 5.69 Å². The Kier molecular flexibility index (Phi) is 2.60. The number of nitrogens with two attached hydrogens (primary N) is 1. The number of nitrogens with zero attached hydrogens (tertiary/aromatic N) is 1. The number of aromatic nitrogens is 1. The van der Waals surface area contributed by atoms with Gasteiger partial charge in [-0.05, 0) is 30.7 Å². The number of nitrogen functional groups attached to an aromatic ring is 1. The van der Waals surface area contributed by atoms with Gasteiger partial charge in [-0.3, -0.25) is 4.98 Å².